The molecule has 5 nitrogen and oxygen atoms in total. The minimum absolute atomic E-state index is 0.00553. The van der Waals surface area contributed by atoms with E-state index in [1.165, 1.54) is 18.2 Å². The van der Waals surface area contributed by atoms with Crippen molar-refractivity contribution < 1.29 is 17.6 Å². The second-order valence-corrected chi connectivity index (χ2v) is 5.39. The summed E-state index contributed by atoms with van der Waals surface area (Å²) in [4.78, 5) is 8.99. The van der Waals surface area contributed by atoms with E-state index in [4.69, 9.17) is 13.7 Å². The van der Waals surface area contributed by atoms with Crippen molar-refractivity contribution in [2.24, 2.45) is 5.84 Å². The number of aromatic nitrogens is 2. The number of rotatable bonds is 5. The number of hydrogen-bond acceptors (Lipinski definition) is 5. The first kappa shape index (κ1) is 17.9. The Hall–Kier alpha value is -2.88. The van der Waals surface area contributed by atoms with E-state index in [-0.39, 0.29) is 33.8 Å². The fourth-order valence-electron chi connectivity index (χ4n) is 2.59. The summed E-state index contributed by atoms with van der Waals surface area (Å²) in [6, 6.07) is 7.36. The molecule has 0 spiro atoms. The number of alkyl halides is 2. The maximum absolute atomic E-state index is 14.4. The molecule has 1 aromatic heterocycles. The number of hydrogen-bond donors (Lipinski definition) is 2. The zero-order valence-corrected chi connectivity index (χ0v) is 13.3. The maximum atomic E-state index is 14.4. The Morgan fingerprint density at radius 3 is 2.58 bits per heavy atom. The molecule has 0 aliphatic rings. The monoisotopic (exact) mass is 361 g/mol. The molecule has 10 heteroatoms. The largest absolute Gasteiger partial charge is 0.320 e. The molecule has 2 radical (unpaired) electrons. The van der Waals surface area contributed by atoms with Gasteiger partial charge >= 0.3 is 0 Å². The number of halogens is 4. The van der Waals surface area contributed by atoms with Gasteiger partial charge in [-0.1, -0.05) is 11.5 Å². The van der Waals surface area contributed by atoms with Gasteiger partial charge in [0.1, 0.15) is 25.3 Å². The van der Waals surface area contributed by atoms with Crippen LogP contribution in [0.15, 0.2) is 36.4 Å². The van der Waals surface area contributed by atoms with Crippen LogP contribution in [0, 0.1) is 11.6 Å². The van der Waals surface area contributed by atoms with E-state index in [1.807, 2.05) is 0 Å². The third-order valence-electron chi connectivity index (χ3n) is 3.58. The Morgan fingerprint density at radius 1 is 1.15 bits per heavy atom. The Kier molecular flexibility index (Phi) is 4.94. The maximum Gasteiger partial charge on any atom is 0.256 e. The van der Waals surface area contributed by atoms with Gasteiger partial charge in [0.15, 0.2) is 0 Å². The summed E-state index contributed by atoms with van der Waals surface area (Å²) in [5, 5.41) is -0.102. The van der Waals surface area contributed by atoms with Gasteiger partial charge in [-0.3, -0.25) is 5.43 Å². The number of nitrogens with one attached hydrogen (secondary N) is 1. The average molecular weight is 361 g/mol. The summed E-state index contributed by atoms with van der Waals surface area (Å²) in [6.07, 6.45) is -2.81. The number of hydrazine groups is 1. The summed E-state index contributed by atoms with van der Waals surface area (Å²) in [5.74, 6) is 3.58. The normalized spacial score (nSPS) is 11.2. The highest BCUT2D eigenvalue weighted by molar-refractivity contribution is 6.32. The van der Waals surface area contributed by atoms with Gasteiger partial charge in [-0.2, -0.15) is 4.98 Å². The SMILES string of the molecule is [B]c1cc(F)cc(N(CC(F)F)c2nc(NN)nc3cccc(F)c23)c1. The number of nitrogen functional groups attached to an aromatic ring is 1. The molecule has 132 valence electrons. The van der Waals surface area contributed by atoms with E-state index in [2.05, 4.69) is 15.4 Å². The van der Waals surface area contributed by atoms with Gasteiger partial charge in [0.2, 0.25) is 5.95 Å². The molecule has 0 saturated carbocycles. The van der Waals surface area contributed by atoms with Crippen molar-refractivity contribution in [3.8, 4) is 0 Å². The Labute approximate surface area is 147 Å². The summed E-state index contributed by atoms with van der Waals surface area (Å²) >= 11 is 0. The smallest absolute Gasteiger partial charge is 0.256 e. The third-order valence-corrected chi connectivity index (χ3v) is 3.58. The van der Waals surface area contributed by atoms with E-state index < -0.39 is 24.6 Å². The fourth-order valence-corrected chi connectivity index (χ4v) is 2.59. The summed E-state index contributed by atoms with van der Waals surface area (Å²) in [6.45, 7) is -0.868. The van der Waals surface area contributed by atoms with E-state index >= 15 is 0 Å². The molecule has 3 rings (SSSR count). The number of benzene rings is 2. The van der Waals surface area contributed by atoms with Gasteiger partial charge < -0.3 is 4.90 Å². The van der Waals surface area contributed by atoms with Crippen LogP contribution in [0.1, 0.15) is 0 Å². The van der Waals surface area contributed by atoms with Crippen LogP contribution in [-0.4, -0.2) is 30.8 Å². The summed E-state index contributed by atoms with van der Waals surface area (Å²) in [5.41, 5.74) is 2.37. The zero-order chi connectivity index (χ0) is 18.8. The van der Waals surface area contributed by atoms with Crippen LogP contribution in [0.2, 0.25) is 0 Å². The van der Waals surface area contributed by atoms with Crippen molar-refractivity contribution in [2.45, 2.75) is 6.43 Å². The van der Waals surface area contributed by atoms with Crippen molar-refractivity contribution in [3.63, 3.8) is 0 Å². The highest BCUT2D eigenvalue weighted by Gasteiger charge is 2.22. The van der Waals surface area contributed by atoms with E-state index in [1.54, 1.807) is 0 Å². The topological polar surface area (TPSA) is 67.1 Å². The highest BCUT2D eigenvalue weighted by Crippen LogP contribution is 2.33. The number of nitrogens with two attached hydrogens (primary N) is 1. The van der Waals surface area contributed by atoms with Crippen molar-refractivity contribution in [2.75, 3.05) is 16.9 Å². The molecule has 0 unspecified atom stereocenters. The minimum atomic E-state index is -2.81. The number of nitrogens with zero attached hydrogens (tertiary/aromatic N) is 3. The lowest BCUT2D eigenvalue weighted by Gasteiger charge is -2.25. The van der Waals surface area contributed by atoms with Crippen molar-refractivity contribution in [1.82, 2.24) is 9.97 Å². The quantitative estimate of drug-likeness (QED) is 0.316. The van der Waals surface area contributed by atoms with Crippen molar-refractivity contribution in [3.05, 3.63) is 48.0 Å². The van der Waals surface area contributed by atoms with Crippen LogP contribution in [0.4, 0.5) is 35.0 Å². The van der Waals surface area contributed by atoms with Gasteiger partial charge in [-0.05, 0) is 30.3 Å². The van der Waals surface area contributed by atoms with E-state index in [0.29, 0.717) is 0 Å². The van der Waals surface area contributed by atoms with Crippen molar-refractivity contribution in [1.29, 1.82) is 0 Å². The van der Waals surface area contributed by atoms with Gasteiger partial charge in [0, 0.05) is 5.69 Å². The Balaban J connectivity index is 2.30. The molecule has 0 aliphatic carbocycles. The Morgan fingerprint density at radius 2 is 1.92 bits per heavy atom. The van der Waals surface area contributed by atoms with Crippen LogP contribution >= 0.6 is 0 Å². The molecule has 2 aromatic carbocycles. The molecule has 3 aromatic rings. The first-order chi connectivity index (χ1) is 12.4. The molecular weight excluding hydrogens is 349 g/mol. The van der Waals surface area contributed by atoms with Gasteiger partial charge in [0.05, 0.1) is 17.4 Å². The minimum Gasteiger partial charge on any atom is -0.320 e. The van der Waals surface area contributed by atoms with Crippen molar-refractivity contribution >= 4 is 41.7 Å². The fraction of sp³-hybridized carbons (Fsp3) is 0.125. The molecule has 0 saturated heterocycles. The summed E-state index contributed by atoms with van der Waals surface area (Å²) in [7, 11) is 5.61. The molecule has 1 heterocycles. The lowest BCUT2D eigenvalue weighted by molar-refractivity contribution is 0.158. The molecule has 0 aliphatic heterocycles. The molecule has 3 N–H and O–H groups in total. The molecule has 26 heavy (non-hydrogen) atoms. The Bertz CT molecular complexity index is 933. The van der Waals surface area contributed by atoms with Gasteiger partial charge in [0.25, 0.3) is 6.43 Å². The molecule has 0 amide bonds. The first-order valence-corrected chi connectivity index (χ1v) is 7.43. The number of anilines is 3. The lowest BCUT2D eigenvalue weighted by atomic mass is 9.95. The second-order valence-electron chi connectivity index (χ2n) is 5.39. The molecule has 0 fully saturated rings. The highest BCUT2D eigenvalue weighted by atomic mass is 19.3. The molecule has 0 atom stereocenters. The molecule has 0 bridgehead atoms. The predicted molar refractivity (Wildman–Crippen MR) is 92.1 cm³/mol. The van der Waals surface area contributed by atoms with Crippen LogP contribution in [0.5, 0.6) is 0 Å². The van der Waals surface area contributed by atoms with Crippen LogP contribution in [-0.2, 0) is 0 Å². The van der Waals surface area contributed by atoms with E-state index in [9.17, 15) is 17.6 Å². The zero-order valence-electron chi connectivity index (χ0n) is 13.3. The van der Waals surface area contributed by atoms with Crippen LogP contribution < -0.4 is 21.6 Å². The predicted octanol–water partition coefficient (Wildman–Crippen LogP) is 2.39. The van der Waals surface area contributed by atoms with Gasteiger partial charge in [-0.25, -0.2) is 28.4 Å². The standard InChI is InChI=1S/C16H12BF4N5/c17-8-4-9(18)6-10(5-8)26(7-13(20)21)15-14-11(19)2-1-3-12(14)23-16(24-15)25-22/h1-6,13H,7,22H2,(H,23,24,25). The lowest BCUT2D eigenvalue weighted by Crippen LogP contribution is -2.27. The van der Waals surface area contributed by atoms with E-state index in [0.717, 1.165) is 23.1 Å². The second kappa shape index (κ2) is 7.16. The van der Waals surface area contributed by atoms with Crippen LogP contribution in [0.25, 0.3) is 10.9 Å². The third kappa shape index (κ3) is 3.55. The summed E-state index contributed by atoms with van der Waals surface area (Å²) < 4.78 is 54.5. The van der Waals surface area contributed by atoms with Gasteiger partial charge in [-0.15, -0.1) is 0 Å². The average Bonchev–Trinajstić information content (AvgIpc) is 2.58. The number of fused-ring (bicyclic) bond motifs is 1. The first-order valence-electron chi connectivity index (χ1n) is 7.43. The molecular formula is C16H12BF4N5. The van der Waals surface area contributed by atoms with Crippen LogP contribution in [0.3, 0.4) is 0 Å².